The average molecular weight is 436 g/mol. The van der Waals surface area contributed by atoms with Crippen LogP contribution in [0.15, 0.2) is 60.9 Å². The van der Waals surface area contributed by atoms with E-state index in [4.69, 9.17) is 9.47 Å². The first-order valence-electron chi connectivity index (χ1n) is 9.71. The zero-order valence-corrected chi connectivity index (χ0v) is 16.9. The highest BCUT2D eigenvalue weighted by Gasteiger charge is 2.41. The molecule has 0 unspecified atom stereocenters. The van der Waals surface area contributed by atoms with Gasteiger partial charge in [0.05, 0.1) is 18.4 Å². The molecule has 0 fully saturated rings. The number of hydrogen-bond donors (Lipinski definition) is 0. The molecule has 11 heteroatoms. The number of rotatable bonds is 6. The summed E-state index contributed by atoms with van der Waals surface area (Å²) in [7, 11) is 0. The largest absolute Gasteiger partial charge is 0.489 e. The fourth-order valence-electron chi connectivity index (χ4n) is 3.45. The second kappa shape index (κ2) is 7.45. The number of ether oxygens (including phenoxy) is 2. The van der Waals surface area contributed by atoms with Crippen molar-refractivity contribution >= 4 is 5.82 Å². The van der Waals surface area contributed by atoms with Crippen molar-refractivity contribution in [3.8, 4) is 28.7 Å². The van der Waals surface area contributed by atoms with E-state index >= 15 is 0 Å². The molecular weight excluding hydrogens is 419 g/mol. The lowest BCUT2D eigenvalue weighted by Crippen LogP contribution is -2.38. The van der Waals surface area contributed by atoms with Crippen LogP contribution in [-0.4, -0.2) is 41.7 Å². The van der Waals surface area contributed by atoms with Gasteiger partial charge in [0.25, 0.3) is 0 Å². The van der Waals surface area contributed by atoms with E-state index in [1.807, 2.05) is 31.2 Å². The second-order valence-electron chi connectivity index (χ2n) is 7.66. The van der Waals surface area contributed by atoms with Gasteiger partial charge >= 0.3 is 11.8 Å². The summed E-state index contributed by atoms with van der Waals surface area (Å²) in [5, 5.41) is 19.1. The molecular formula is C21H17FN6O4. The molecule has 0 aliphatic carbocycles. The fraction of sp³-hybridized carbons (Fsp3) is 0.190. The molecule has 2 aromatic heterocycles. The minimum Gasteiger partial charge on any atom is -0.489 e. The predicted octanol–water partition coefficient (Wildman–Crippen LogP) is 3.41. The van der Waals surface area contributed by atoms with E-state index < -0.39 is 10.5 Å². The van der Waals surface area contributed by atoms with E-state index in [1.54, 1.807) is 27.6 Å². The molecule has 0 spiro atoms. The van der Waals surface area contributed by atoms with Crippen LogP contribution in [0.3, 0.4) is 0 Å². The Balaban J connectivity index is 1.27. The Morgan fingerprint density at radius 1 is 1.25 bits per heavy atom. The number of nitro groups is 1. The van der Waals surface area contributed by atoms with Crippen molar-refractivity contribution in [2.75, 3.05) is 6.61 Å². The first kappa shape index (κ1) is 19.7. The van der Waals surface area contributed by atoms with Crippen LogP contribution in [0.5, 0.6) is 11.8 Å². The maximum Gasteiger partial charge on any atom is 0.415 e. The van der Waals surface area contributed by atoms with E-state index in [9.17, 15) is 14.5 Å². The first-order valence-corrected chi connectivity index (χ1v) is 9.71. The van der Waals surface area contributed by atoms with Gasteiger partial charge in [0.1, 0.15) is 30.1 Å². The van der Waals surface area contributed by atoms with Gasteiger partial charge in [0, 0.05) is 16.6 Å². The number of aromatic nitrogens is 5. The van der Waals surface area contributed by atoms with E-state index in [0.29, 0.717) is 18.0 Å². The maximum atomic E-state index is 13.1. The standard InChI is InChI=1S/C21H17FN6O4/c1-21(12-26-11-19(28(29)30)23-20(26)32-21)13-31-17-4-2-3-16(9-17)27-10-18(24-25-27)14-5-7-15(22)8-6-14/h2-11H,12-13H2,1H3/t21-/m1/s1. The molecule has 5 rings (SSSR count). The Bertz CT molecular complexity index is 1280. The summed E-state index contributed by atoms with van der Waals surface area (Å²) >= 11 is 0. The van der Waals surface area contributed by atoms with Crippen LogP contribution >= 0.6 is 0 Å². The summed E-state index contributed by atoms with van der Waals surface area (Å²) in [6, 6.07) is 13.5. The molecule has 32 heavy (non-hydrogen) atoms. The van der Waals surface area contributed by atoms with E-state index in [2.05, 4.69) is 15.3 Å². The monoisotopic (exact) mass is 436 g/mol. The summed E-state index contributed by atoms with van der Waals surface area (Å²) in [5.74, 6) is 0.0397. The summed E-state index contributed by atoms with van der Waals surface area (Å²) in [4.78, 5) is 14.2. The number of benzene rings is 2. The Morgan fingerprint density at radius 3 is 2.81 bits per heavy atom. The molecule has 2 aromatic carbocycles. The molecule has 1 aliphatic heterocycles. The third-order valence-electron chi connectivity index (χ3n) is 5.02. The Kier molecular flexibility index (Phi) is 4.58. The second-order valence-corrected chi connectivity index (χ2v) is 7.66. The number of fused-ring (bicyclic) bond motifs is 1. The van der Waals surface area contributed by atoms with Crippen LogP contribution in [-0.2, 0) is 6.54 Å². The van der Waals surface area contributed by atoms with Crippen LogP contribution in [0, 0.1) is 15.9 Å². The molecule has 162 valence electrons. The smallest absolute Gasteiger partial charge is 0.415 e. The van der Waals surface area contributed by atoms with Gasteiger partial charge < -0.3 is 19.6 Å². The van der Waals surface area contributed by atoms with Gasteiger partial charge in [-0.05, 0) is 48.2 Å². The fourth-order valence-corrected chi connectivity index (χ4v) is 3.45. The van der Waals surface area contributed by atoms with Crippen LogP contribution in [0.4, 0.5) is 10.2 Å². The van der Waals surface area contributed by atoms with Gasteiger partial charge in [-0.25, -0.2) is 9.07 Å². The topological polar surface area (TPSA) is 110 Å². The minimum absolute atomic E-state index is 0.201. The summed E-state index contributed by atoms with van der Waals surface area (Å²) in [6.07, 6.45) is 3.10. The Morgan fingerprint density at radius 2 is 2.06 bits per heavy atom. The predicted molar refractivity (Wildman–Crippen MR) is 110 cm³/mol. The van der Waals surface area contributed by atoms with E-state index in [-0.39, 0.29) is 24.3 Å². The highest BCUT2D eigenvalue weighted by Crippen LogP contribution is 2.31. The van der Waals surface area contributed by atoms with Crippen LogP contribution in [0.25, 0.3) is 16.9 Å². The number of nitrogens with zero attached hydrogens (tertiary/aromatic N) is 6. The van der Waals surface area contributed by atoms with Gasteiger partial charge in [-0.1, -0.05) is 11.3 Å². The third kappa shape index (κ3) is 3.75. The van der Waals surface area contributed by atoms with Gasteiger partial charge in [-0.3, -0.25) is 4.57 Å². The van der Waals surface area contributed by atoms with Crippen molar-refractivity contribution in [1.29, 1.82) is 0 Å². The SMILES string of the molecule is C[C@]1(COc2cccc(-n3cc(-c4ccc(F)cc4)nn3)c2)Cn2cc([N+](=O)[O-])nc2O1. The van der Waals surface area contributed by atoms with Crippen molar-refractivity contribution in [2.24, 2.45) is 0 Å². The van der Waals surface area contributed by atoms with Gasteiger partial charge in [0.2, 0.25) is 0 Å². The summed E-state index contributed by atoms with van der Waals surface area (Å²) in [5.41, 5.74) is 1.40. The summed E-state index contributed by atoms with van der Waals surface area (Å²) in [6.45, 7) is 2.45. The average Bonchev–Trinajstić information content (AvgIpc) is 3.47. The first-order chi connectivity index (χ1) is 15.4. The molecule has 1 atom stereocenters. The lowest BCUT2D eigenvalue weighted by Gasteiger charge is -2.22. The van der Waals surface area contributed by atoms with Crippen molar-refractivity contribution in [3.63, 3.8) is 0 Å². The lowest BCUT2D eigenvalue weighted by atomic mass is 10.1. The van der Waals surface area contributed by atoms with Crippen molar-refractivity contribution in [1.82, 2.24) is 24.5 Å². The van der Waals surface area contributed by atoms with Gasteiger partial charge in [-0.2, -0.15) is 0 Å². The molecule has 0 bridgehead atoms. The molecule has 0 saturated carbocycles. The van der Waals surface area contributed by atoms with Crippen LogP contribution in [0.2, 0.25) is 0 Å². The normalized spacial score (nSPS) is 17.1. The van der Waals surface area contributed by atoms with Gasteiger partial charge in [0.15, 0.2) is 5.60 Å². The Labute approximate surface area is 181 Å². The van der Waals surface area contributed by atoms with Gasteiger partial charge in [-0.15, -0.1) is 5.10 Å². The highest BCUT2D eigenvalue weighted by molar-refractivity contribution is 5.58. The number of halogens is 1. The highest BCUT2D eigenvalue weighted by atomic mass is 19.1. The molecule has 3 heterocycles. The zero-order valence-electron chi connectivity index (χ0n) is 16.9. The molecule has 0 saturated heterocycles. The maximum absolute atomic E-state index is 13.1. The van der Waals surface area contributed by atoms with Crippen LogP contribution in [0.1, 0.15) is 6.92 Å². The minimum atomic E-state index is -0.712. The number of hydrogen-bond acceptors (Lipinski definition) is 7. The van der Waals surface area contributed by atoms with Crippen molar-refractivity contribution in [3.05, 3.63) is 76.9 Å². The molecule has 0 amide bonds. The van der Waals surface area contributed by atoms with E-state index in [1.165, 1.54) is 18.3 Å². The molecule has 0 N–H and O–H groups in total. The molecule has 4 aromatic rings. The molecule has 1 aliphatic rings. The Hall–Kier alpha value is -4.28. The van der Waals surface area contributed by atoms with Crippen molar-refractivity contribution < 1.29 is 18.8 Å². The van der Waals surface area contributed by atoms with Crippen molar-refractivity contribution in [2.45, 2.75) is 19.1 Å². The summed E-state index contributed by atoms with van der Waals surface area (Å²) < 4.78 is 28.1. The third-order valence-corrected chi connectivity index (χ3v) is 5.02. The lowest BCUT2D eigenvalue weighted by molar-refractivity contribution is -0.389. The molecule has 10 nitrogen and oxygen atoms in total. The zero-order chi connectivity index (χ0) is 22.3. The number of imidazole rings is 1. The quantitative estimate of drug-likeness (QED) is 0.336. The van der Waals surface area contributed by atoms with Crippen LogP contribution < -0.4 is 9.47 Å². The molecule has 0 radical (unpaired) electrons. The van der Waals surface area contributed by atoms with E-state index in [0.717, 1.165) is 11.3 Å².